The van der Waals surface area contributed by atoms with E-state index in [1.807, 2.05) is 39.8 Å². The molecule has 0 spiro atoms. The second-order valence-corrected chi connectivity index (χ2v) is 6.40. The van der Waals surface area contributed by atoms with E-state index in [4.69, 9.17) is 0 Å². The molecule has 1 aliphatic rings. The first-order chi connectivity index (χ1) is 10.8. The lowest BCUT2D eigenvalue weighted by Gasteiger charge is -2.14. The lowest BCUT2D eigenvalue weighted by Crippen LogP contribution is -2.38. The van der Waals surface area contributed by atoms with E-state index in [2.05, 4.69) is 10.6 Å². The molecule has 1 heterocycles. The zero-order valence-electron chi connectivity index (χ0n) is 14.0. The van der Waals surface area contributed by atoms with Gasteiger partial charge < -0.3 is 10.6 Å². The van der Waals surface area contributed by atoms with Crippen molar-refractivity contribution in [3.05, 3.63) is 29.3 Å². The van der Waals surface area contributed by atoms with Gasteiger partial charge in [-0.25, -0.2) is 4.79 Å². The summed E-state index contributed by atoms with van der Waals surface area (Å²) in [6, 6.07) is 4.54. The van der Waals surface area contributed by atoms with E-state index in [9.17, 15) is 14.4 Å². The summed E-state index contributed by atoms with van der Waals surface area (Å²) in [7, 11) is 0. The van der Waals surface area contributed by atoms with Gasteiger partial charge in [0.1, 0.15) is 12.6 Å². The van der Waals surface area contributed by atoms with Crippen molar-refractivity contribution in [2.75, 3.05) is 11.9 Å². The van der Waals surface area contributed by atoms with Crippen LogP contribution in [0, 0.1) is 19.8 Å². The minimum atomic E-state index is -0.531. The first kappa shape index (κ1) is 17.0. The van der Waals surface area contributed by atoms with Gasteiger partial charge in [-0.3, -0.25) is 14.5 Å². The van der Waals surface area contributed by atoms with E-state index in [0.29, 0.717) is 12.1 Å². The summed E-state index contributed by atoms with van der Waals surface area (Å²) >= 11 is 0. The van der Waals surface area contributed by atoms with E-state index in [0.717, 1.165) is 16.0 Å². The number of aryl methyl sites for hydroxylation is 2. The number of hydrogen-bond donors (Lipinski definition) is 2. The van der Waals surface area contributed by atoms with Crippen LogP contribution < -0.4 is 10.6 Å². The van der Waals surface area contributed by atoms with Crippen LogP contribution in [0.3, 0.4) is 0 Å². The highest BCUT2D eigenvalue weighted by Gasteiger charge is 2.38. The normalized spacial score (nSPS) is 17.6. The average molecular weight is 317 g/mol. The molecule has 0 aliphatic carbocycles. The predicted octanol–water partition coefficient (Wildman–Crippen LogP) is 2.21. The Bertz CT molecular complexity index is 640. The molecule has 124 valence electrons. The third-order valence-corrected chi connectivity index (χ3v) is 3.91. The highest BCUT2D eigenvalue weighted by atomic mass is 16.2. The third kappa shape index (κ3) is 4.09. The first-order valence-electron chi connectivity index (χ1n) is 7.77. The number of rotatable bonds is 5. The maximum Gasteiger partial charge on any atom is 0.325 e. The largest absolute Gasteiger partial charge is 0.326 e. The van der Waals surface area contributed by atoms with E-state index in [1.165, 1.54) is 0 Å². The molecule has 1 atom stereocenters. The maximum atomic E-state index is 12.2. The molecule has 1 fully saturated rings. The van der Waals surface area contributed by atoms with Crippen LogP contribution in [0.1, 0.15) is 31.4 Å². The van der Waals surface area contributed by atoms with Crippen LogP contribution in [-0.4, -0.2) is 35.3 Å². The van der Waals surface area contributed by atoms with E-state index in [-0.39, 0.29) is 24.3 Å². The number of hydrogen-bond acceptors (Lipinski definition) is 3. The monoisotopic (exact) mass is 317 g/mol. The second kappa shape index (κ2) is 6.81. The van der Waals surface area contributed by atoms with Gasteiger partial charge in [0.05, 0.1) is 0 Å². The van der Waals surface area contributed by atoms with Crippen molar-refractivity contribution in [3.63, 3.8) is 0 Å². The summed E-state index contributed by atoms with van der Waals surface area (Å²) in [5, 5.41) is 5.35. The first-order valence-corrected chi connectivity index (χ1v) is 7.77. The molecule has 1 aromatic carbocycles. The molecular weight excluding hydrogens is 294 g/mol. The molecule has 0 aromatic heterocycles. The standard InChI is InChI=1S/C17H23N3O3/c1-10(2)7-14-16(22)20(17(23)19-14)9-15(21)18-13-6-5-11(3)12(4)8-13/h5-6,8,10,14H,7,9H2,1-4H3,(H,18,21)(H,19,23)/t14-/m1/s1. The van der Waals surface area contributed by atoms with Crippen LogP contribution in [0.5, 0.6) is 0 Å². The van der Waals surface area contributed by atoms with Gasteiger partial charge in [0, 0.05) is 5.69 Å². The molecule has 2 N–H and O–H groups in total. The topological polar surface area (TPSA) is 78.5 Å². The summed E-state index contributed by atoms with van der Waals surface area (Å²) in [6.45, 7) is 7.64. The van der Waals surface area contributed by atoms with Crippen LogP contribution >= 0.6 is 0 Å². The molecule has 0 unspecified atom stereocenters. The number of nitrogens with one attached hydrogen (secondary N) is 2. The van der Waals surface area contributed by atoms with Crippen LogP contribution in [0.15, 0.2) is 18.2 Å². The maximum absolute atomic E-state index is 12.2. The number of nitrogens with zero attached hydrogens (tertiary/aromatic N) is 1. The zero-order chi connectivity index (χ0) is 17.1. The Morgan fingerprint density at radius 1 is 1.26 bits per heavy atom. The highest BCUT2D eigenvalue weighted by molar-refractivity contribution is 6.07. The lowest BCUT2D eigenvalue weighted by atomic mass is 10.0. The van der Waals surface area contributed by atoms with Gasteiger partial charge in [-0.1, -0.05) is 19.9 Å². The van der Waals surface area contributed by atoms with Crippen LogP contribution in [-0.2, 0) is 9.59 Å². The van der Waals surface area contributed by atoms with Gasteiger partial charge in [0.25, 0.3) is 5.91 Å². The molecule has 2 rings (SSSR count). The SMILES string of the molecule is Cc1ccc(NC(=O)CN2C(=O)N[C@H](CC(C)C)C2=O)cc1C. The molecule has 0 bridgehead atoms. The van der Waals surface area contributed by atoms with Gasteiger partial charge in [0.15, 0.2) is 0 Å². The molecule has 1 aliphatic heterocycles. The minimum absolute atomic E-state index is 0.272. The Morgan fingerprint density at radius 3 is 2.57 bits per heavy atom. The highest BCUT2D eigenvalue weighted by Crippen LogP contribution is 2.16. The van der Waals surface area contributed by atoms with Crippen molar-refractivity contribution in [1.29, 1.82) is 0 Å². The lowest BCUT2D eigenvalue weighted by molar-refractivity contribution is -0.131. The Hall–Kier alpha value is -2.37. The fourth-order valence-electron chi connectivity index (χ4n) is 2.52. The van der Waals surface area contributed by atoms with Crippen molar-refractivity contribution in [1.82, 2.24) is 10.2 Å². The molecule has 6 nitrogen and oxygen atoms in total. The minimum Gasteiger partial charge on any atom is -0.326 e. The van der Waals surface area contributed by atoms with Crippen molar-refractivity contribution in [2.24, 2.45) is 5.92 Å². The quantitative estimate of drug-likeness (QED) is 0.817. The average Bonchev–Trinajstić information content (AvgIpc) is 2.70. The van der Waals surface area contributed by atoms with Gasteiger partial charge in [-0.05, 0) is 49.4 Å². The van der Waals surface area contributed by atoms with Crippen molar-refractivity contribution < 1.29 is 14.4 Å². The van der Waals surface area contributed by atoms with Crippen molar-refractivity contribution >= 4 is 23.5 Å². The van der Waals surface area contributed by atoms with Crippen LogP contribution in [0.25, 0.3) is 0 Å². The molecule has 0 saturated carbocycles. The zero-order valence-corrected chi connectivity index (χ0v) is 14.0. The third-order valence-electron chi connectivity index (χ3n) is 3.91. The van der Waals surface area contributed by atoms with Crippen molar-refractivity contribution in [2.45, 2.75) is 40.2 Å². The number of benzene rings is 1. The van der Waals surface area contributed by atoms with Gasteiger partial charge in [-0.15, -0.1) is 0 Å². The molecule has 0 radical (unpaired) electrons. The van der Waals surface area contributed by atoms with Gasteiger partial charge in [0.2, 0.25) is 5.91 Å². The van der Waals surface area contributed by atoms with Crippen molar-refractivity contribution in [3.8, 4) is 0 Å². The Labute approximate surface area is 136 Å². The summed E-state index contributed by atoms with van der Waals surface area (Å²) in [5.74, 6) is -0.436. The number of carbonyl (C=O) groups excluding carboxylic acids is 3. The molecule has 6 heteroatoms. The number of imide groups is 1. The van der Waals surface area contributed by atoms with Gasteiger partial charge in [-0.2, -0.15) is 0 Å². The number of urea groups is 1. The molecular formula is C17H23N3O3. The van der Waals surface area contributed by atoms with E-state index in [1.54, 1.807) is 6.07 Å². The summed E-state index contributed by atoms with van der Waals surface area (Å²) in [6.07, 6.45) is 0.569. The van der Waals surface area contributed by atoms with E-state index >= 15 is 0 Å². The summed E-state index contributed by atoms with van der Waals surface area (Å²) in [5.41, 5.74) is 2.85. The molecule has 1 aromatic rings. The van der Waals surface area contributed by atoms with Crippen LogP contribution in [0.2, 0.25) is 0 Å². The summed E-state index contributed by atoms with van der Waals surface area (Å²) < 4.78 is 0. The number of carbonyl (C=O) groups is 3. The predicted molar refractivity (Wildman–Crippen MR) is 88.0 cm³/mol. The molecule has 4 amide bonds. The van der Waals surface area contributed by atoms with Crippen LogP contribution in [0.4, 0.5) is 10.5 Å². The molecule has 23 heavy (non-hydrogen) atoms. The van der Waals surface area contributed by atoms with E-state index < -0.39 is 12.1 Å². The number of anilines is 1. The second-order valence-electron chi connectivity index (χ2n) is 6.40. The fraction of sp³-hybridized carbons (Fsp3) is 0.471. The summed E-state index contributed by atoms with van der Waals surface area (Å²) in [4.78, 5) is 37.2. The molecule has 1 saturated heterocycles. The smallest absolute Gasteiger partial charge is 0.325 e. The number of amides is 4. The Balaban J connectivity index is 1.98. The fourth-order valence-corrected chi connectivity index (χ4v) is 2.52. The Morgan fingerprint density at radius 2 is 1.96 bits per heavy atom. The van der Waals surface area contributed by atoms with Gasteiger partial charge >= 0.3 is 6.03 Å². The Kier molecular flexibility index (Phi) is 5.03.